The van der Waals surface area contributed by atoms with Crippen LogP contribution < -0.4 is 16.1 Å². The van der Waals surface area contributed by atoms with E-state index in [0.29, 0.717) is 23.3 Å². The summed E-state index contributed by atoms with van der Waals surface area (Å²) in [4.78, 5) is 42.2. The van der Waals surface area contributed by atoms with Crippen molar-refractivity contribution >= 4 is 28.5 Å². The van der Waals surface area contributed by atoms with E-state index in [0.717, 1.165) is 12.1 Å². The molecule has 0 aliphatic carbocycles. The molecule has 0 saturated heterocycles. The van der Waals surface area contributed by atoms with Gasteiger partial charge in [-0.2, -0.15) is 0 Å². The normalized spacial score (nSPS) is 10.6. The third-order valence-electron chi connectivity index (χ3n) is 4.22. The molecule has 28 heavy (non-hydrogen) atoms. The molecule has 0 atom stereocenters. The summed E-state index contributed by atoms with van der Waals surface area (Å²) in [6.07, 6.45) is 2.22. The third-order valence-corrected chi connectivity index (χ3v) is 4.22. The minimum Gasteiger partial charge on any atom is -0.355 e. The van der Waals surface area contributed by atoms with Gasteiger partial charge in [0.1, 0.15) is 17.8 Å². The summed E-state index contributed by atoms with van der Waals surface area (Å²) in [5.41, 5.74) is 1.23. The summed E-state index contributed by atoms with van der Waals surface area (Å²) in [6, 6.07) is 12.2. The first kappa shape index (κ1) is 19.3. The number of rotatable bonds is 6. The lowest BCUT2D eigenvalue weighted by molar-refractivity contribution is -0.121. The maximum atomic E-state index is 12.9. The average molecular weight is 378 g/mol. The molecule has 3 rings (SSSR count). The zero-order valence-electron chi connectivity index (χ0n) is 15.9. The first-order chi connectivity index (χ1) is 13.5. The van der Waals surface area contributed by atoms with Crippen molar-refractivity contribution in [3.63, 3.8) is 0 Å². The molecule has 0 radical (unpaired) electrons. The first-order valence-corrected chi connectivity index (χ1v) is 9.13. The van der Waals surface area contributed by atoms with Crippen LogP contribution in [0.2, 0.25) is 0 Å². The number of aromatic nitrogens is 2. The molecule has 2 N–H and O–H groups in total. The zero-order chi connectivity index (χ0) is 20.1. The van der Waals surface area contributed by atoms with E-state index in [4.69, 9.17) is 0 Å². The standard InChI is InChI=1S/C21H22N4O3/c1-3-11-22-18(26)13-25-12-17(21(28)24-15-7-5-4-6-8-15)19(27)16-10-9-14(2)23-20(16)25/h4-10,12H,3,11,13H2,1-2H3,(H,22,26)(H,24,28). The Morgan fingerprint density at radius 3 is 2.57 bits per heavy atom. The van der Waals surface area contributed by atoms with Crippen LogP contribution >= 0.6 is 0 Å². The number of hydrogen-bond donors (Lipinski definition) is 2. The minimum absolute atomic E-state index is 0.0289. The summed E-state index contributed by atoms with van der Waals surface area (Å²) in [6.45, 7) is 4.30. The molecule has 1 aromatic carbocycles. The Hall–Kier alpha value is -3.48. The Labute approximate surface area is 162 Å². The number of nitrogens with one attached hydrogen (secondary N) is 2. The van der Waals surface area contributed by atoms with Gasteiger partial charge in [-0.05, 0) is 37.6 Å². The number of fused-ring (bicyclic) bond motifs is 1. The molecule has 144 valence electrons. The molecule has 2 amide bonds. The molecule has 7 nitrogen and oxygen atoms in total. The number of nitrogens with zero attached hydrogens (tertiary/aromatic N) is 2. The van der Waals surface area contributed by atoms with Gasteiger partial charge in [0.25, 0.3) is 5.91 Å². The predicted molar refractivity (Wildman–Crippen MR) is 108 cm³/mol. The van der Waals surface area contributed by atoms with E-state index in [1.54, 1.807) is 47.9 Å². The fourth-order valence-corrected chi connectivity index (χ4v) is 2.84. The number of anilines is 1. The maximum Gasteiger partial charge on any atom is 0.261 e. The van der Waals surface area contributed by atoms with E-state index < -0.39 is 11.3 Å². The number of carbonyl (C=O) groups is 2. The van der Waals surface area contributed by atoms with E-state index in [2.05, 4.69) is 15.6 Å². The SMILES string of the molecule is CCCNC(=O)Cn1cc(C(=O)Nc2ccccc2)c(=O)c2ccc(C)nc21. The van der Waals surface area contributed by atoms with Crippen molar-refractivity contribution in [2.45, 2.75) is 26.8 Å². The number of carbonyl (C=O) groups excluding carboxylic acids is 2. The van der Waals surface area contributed by atoms with Gasteiger partial charge in [-0.15, -0.1) is 0 Å². The number of amides is 2. The molecule has 0 unspecified atom stereocenters. The van der Waals surface area contributed by atoms with Gasteiger partial charge >= 0.3 is 0 Å². The highest BCUT2D eigenvalue weighted by atomic mass is 16.2. The Morgan fingerprint density at radius 1 is 1.11 bits per heavy atom. The molecule has 7 heteroatoms. The third kappa shape index (κ3) is 4.25. The van der Waals surface area contributed by atoms with E-state index in [-0.39, 0.29) is 18.0 Å². The summed E-state index contributed by atoms with van der Waals surface area (Å²) in [7, 11) is 0. The molecule has 0 spiro atoms. The molecule has 0 bridgehead atoms. The van der Waals surface area contributed by atoms with Crippen LogP contribution in [0.4, 0.5) is 5.69 Å². The van der Waals surface area contributed by atoms with Crippen molar-refractivity contribution in [2.24, 2.45) is 0 Å². The Morgan fingerprint density at radius 2 is 1.86 bits per heavy atom. The van der Waals surface area contributed by atoms with Crippen molar-refractivity contribution in [3.05, 3.63) is 70.1 Å². The molecule has 3 aromatic rings. The van der Waals surface area contributed by atoms with E-state index >= 15 is 0 Å². The van der Waals surface area contributed by atoms with Crippen LogP contribution in [0, 0.1) is 6.92 Å². The van der Waals surface area contributed by atoms with Crippen molar-refractivity contribution in [2.75, 3.05) is 11.9 Å². The number of pyridine rings is 2. The second-order valence-corrected chi connectivity index (χ2v) is 6.49. The highest BCUT2D eigenvalue weighted by Crippen LogP contribution is 2.13. The monoisotopic (exact) mass is 378 g/mol. The molecule has 2 aromatic heterocycles. The van der Waals surface area contributed by atoms with Crippen LogP contribution in [0.5, 0.6) is 0 Å². The lowest BCUT2D eigenvalue weighted by atomic mass is 10.1. The van der Waals surface area contributed by atoms with Crippen LogP contribution in [0.25, 0.3) is 11.0 Å². The van der Waals surface area contributed by atoms with Gasteiger partial charge in [0.2, 0.25) is 11.3 Å². The van der Waals surface area contributed by atoms with Gasteiger partial charge in [0.15, 0.2) is 0 Å². The van der Waals surface area contributed by atoms with Crippen LogP contribution in [0.1, 0.15) is 29.4 Å². The molecule has 0 aliphatic heterocycles. The van der Waals surface area contributed by atoms with Crippen LogP contribution in [0.3, 0.4) is 0 Å². The lowest BCUT2D eigenvalue weighted by Crippen LogP contribution is -2.30. The van der Waals surface area contributed by atoms with E-state index in [1.807, 2.05) is 13.0 Å². The van der Waals surface area contributed by atoms with Crippen molar-refractivity contribution in [3.8, 4) is 0 Å². The van der Waals surface area contributed by atoms with E-state index in [9.17, 15) is 14.4 Å². The smallest absolute Gasteiger partial charge is 0.261 e. The molecule has 0 aliphatic rings. The molecular formula is C21H22N4O3. The summed E-state index contributed by atoms with van der Waals surface area (Å²) in [5.74, 6) is -0.731. The molecule has 2 heterocycles. The topological polar surface area (TPSA) is 93.1 Å². The van der Waals surface area contributed by atoms with Gasteiger partial charge in [-0.1, -0.05) is 25.1 Å². The summed E-state index contributed by atoms with van der Waals surface area (Å²) < 4.78 is 1.55. The largest absolute Gasteiger partial charge is 0.355 e. The maximum absolute atomic E-state index is 12.9. The zero-order valence-corrected chi connectivity index (χ0v) is 15.9. The van der Waals surface area contributed by atoms with Crippen molar-refractivity contribution in [1.82, 2.24) is 14.9 Å². The number of benzene rings is 1. The Bertz CT molecular complexity index is 1070. The van der Waals surface area contributed by atoms with E-state index in [1.165, 1.54) is 6.20 Å². The van der Waals surface area contributed by atoms with Crippen molar-refractivity contribution < 1.29 is 9.59 Å². The summed E-state index contributed by atoms with van der Waals surface area (Å²) >= 11 is 0. The molecule has 0 saturated carbocycles. The van der Waals surface area contributed by atoms with Gasteiger partial charge in [-0.25, -0.2) is 4.98 Å². The first-order valence-electron chi connectivity index (χ1n) is 9.13. The second kappa shape index (κ2) is 8.47. The quantitative estimate of drug-likeness (QED) is 0.689. The highest BCUT2D eigenvalue weighted by molar-refractivity contribution is 6.05. The number of para-hydroxylation sites is 1. The summed E-state index contributed by atoms with van der Waals surface area (Å²) in [5, 5.41) is 5.81. The van der Waals surface area contributed by atoms with Gasteiger partial charge in [0, 0.05) is 24.1 Å². The predicted octanol–water partition coefficient (Wildman–Crippen LogP) is 2.48. The van der Waals surface area contributed by atoms with Crippen LogP contribution in [-0.2, 0) is 11.3 Å². The fourth-order valence-electron chi connectivity index (χ4n) is 2.84. The average Bonchev–Trinajstić information content (AvgIpc) is 2.69. The Kier molecular flexibility index (Phi) is 5.84. The van der Waals surface area contributed by atoms with Crippen molar-refractivity contribution in [1.29, 1.82) is 0 Å². The lowest BCUT2D eigenvalue weighted by Gasteiger charge is -2.13. The second-order valence-electron chi connectivity index (χ2n) is 6.49. The van der Waals surface area contributed by atoms with Crippen LogP contribution in [0.15, 0.2) is 53.5 Å². The number of aryl methyl sites for hydroxylation is 1. The molecule has 0 fully saturated rings. The van der Waals surface area contributed by atoms with Gasteiger partial charge < -0.3 is 15.2 Å². The fraction of sp³-hybridized carbons (Fsp3) is 0.238. The van der Waals surface area contributed by atoms with Crippen LogP contribution in [-0.4, -0.2) is 27.9 Å². The minimum atomic E-state index is -0.526. The Balaban J connectivity index is 2.04. The highest BCUT2D eigenvalue weighted by Gasteiger charge is 2.18. The van der Waals surface area contributed by atoms with Gasteiger partial charge in [-0.3, -0.25) is 14.4 Å². The number of hydrogen-bond acceptors (Lipinski definition) is 4. The van der Waals surface area contributed by atoms with Gasteiger partial charge in [0.05, 0.1) is 5.39 Å². The molecular weight excluding hydrogens is 356 g/mol.